The number of nitrogens with one attached hydrogen (secondary N) is 1. The van der Waals surface area contributed by atoms with Crippen LogP contribution in [0.3, 0.4) is 0 Å². The van der Waals surface area contributed by atoms with Crippen LogP contribution in [-0.4, -0.2) is 30.8 Å². The second kappa shape index (κ2) is 6.99. The van der Waals surface area contributed by atoms with Gasteiger partial charge in [-0.15, -0.1) is 0 Å². The molecule has 0 aliphatic carbocycles. The lowest BCUT2D eigenvalue weighted by Gasteiger charge is -2.18. The van der Waals surface area contributed by atoms with Crippen LogP contribution in [0.1, 0.15) is 32.4 Å². The van der Waals surface area contributed by atoms with Crippen molar-refractivity contribution in [2.24, 2.45) is 0 Å². The summed E-state index contributed by atoms with van der Waals surface area (Å²) in [6, 6.07) is 5.13. The first-order valence-corrected chi connectivity index (χ1v) is 6.30. The lowest BCUT2D eigenvalue weighted by atomic mass is 10.1. The smallest absolute Gasteiger partial charge is 0.260 e. The topological polar surface area (TPSA) is 67.8 Å². The van der Waals surface area contributed by atoms with E-state index < -0.39 is 12.2 Å². The van der Waals surface area contributed by atoms with Gasteiger partial charge in [-0.2, -0.15) is 0 Å². The minimum absolute atomic E-state index is 0.193. The van der Waals surface area contributed by atoms with Crippen LogP contribution in [0, 0.1) is 0 Å². The van der Waals surface area contributed by atoms with Crippen molar-refractivity contribution in [3.63, 3.8) is 0 Å². The minimum atomic E-state index is -0.678. The van der Waals surface area contributed by atoms with Gasteiger partial charge in [0.25, 0.3) is 5.91 Å². The van der Waals surface area contributed by atoms with Gasteiger partial charge in [0.05, 0.1) is 13.2 Å². The van der Waals surface area contributed by atoms with Gasteiger partial charge in [-0.25, -0.2) is 0 Å². The van der Waals surface area contributed by atoms with Crippen molar-refractivity contribution in [2.45, 2.75) is 33.0 Å². The molecule has 0 heterocycles. The van der Waals surface area contributed by atoms with Gasteiger partial charge in [0.1, 0.15) is 11.5 Å². The van der Waals surface area contributed by atoms with Gasteiger partial charge < -0.3 is 19.9 Å². The van der Waals surface area contributed by atoms with Crippen LogP contribution in [0.4, 0.5) is 0 Å². The van der Waals surface area contributed by atoms with Gasteiger partial charge in [0, 0.05) is 18.2 Å². The molecule has 1 amide bonds. The molecule has 0 radical (unpaired) electrons. The summed E-state index contributed by atoms with van der Waals surface area (Å²) < 4.78 is 10.7. The number of likely N-dealkylation sites (N-methyl/N-ethyl adjacent to an activating group) is 1. The second-order valence-corrected chi connectivity index (χ2v) is 4.23. The van der Waals surface area contributed by atoms with Gasteiger partial charge in [0.2, 0.25) is 0 Å². The van der Waals surface area contributed by atoms with E-state index in [9.17, 15) is 9.90 Å². The van der Waals surface area contributed by atoms with Gasteiger partial charge >= 0.3 is 0 Å². The molecule has 1 aromatic rings. The van der Waals surface area contributed by atoms with Crippen molar-refractivity contribution in [1.29, 1.82) is 0 Å². The monoisotopic (exact) mass is 267 g/mol. The number of methoxy groups -OCH3 is 1. The summed E-state index contributed by atoms with van der Waals surface area (Å²) in [6.07, 6.45) is -1.31. The van der Waals surface area contributed by atoms with Crippen molar-refractivity contribution in [3.05, 3.63) is 23.8 Å². The lowest BCUT2D eigenvalue weighted by Crippen LogP contribution is -2.36. The van der Waals surface area contributed by atoms with E-state index in [0.717, 1.165) is 0 Å². The third kappa shape index (κ3) is 4.13. The number of hydrogen-bond acceptors (Lipinski definition) is 4. The van der Waals surface area contributed by atoms with E-state index in [2.05, 4.69) is 5.32 Å². The summed E-state index contributed by atoms with van der Waals surface area (Å²) in [7, 11) is 1.55. The zero-order valence-corrected chi connectivity index (χ0v) is 11.8. The summed E-state index contributed by atoms with van der Waals surface area (Å²) in [5.41, 5.74) is 0.622. The fourth-order valence-electron chi connectivity index (χ4n) is 1.65. The molecule has 0 spiro atoms. The Morgan fingerprint density at radius 1 is 1.42 bits per heavy atom. The molecule has 19 heavy (non-hydrogen) atoms. The largest absolute Gasteiger partial charge is 0.497 e. The molecule has 0 aliphatic rings. The fraction of sp³-hybridized carbons (Fsp3) is 0.500. The predicted molar refractivity (Wildman–Crippen MR) is 72.4 cm³/mol. The molecule has 0 bridgehead atoms. The summed E-state index contributed by atoms with van der Waals surface area (Å²) >= 11 is 0. The molecule has 2 N–H and O–H groups in total. The molecule has 0 fully saturated rings. The van der Waals surface area contributed by atoms with E-state index >= 15 is 0 Å². The fourth-order valence-corrected chi connectivity index (χ4v) is 1.65. The first-order chi connectivity index (χ1) is 8.99. The SMILES string of the molecule is CCNC(=O)C(C)Oc1cc(OC)ccc1[C@H](C)O. The molecule has 0 aromatic heterocycles. The number of aliphatic hydroxyl groups excluding tert-OH is 1. The number of carbonyl (C=O) groups excluding carboxylic acids is 1. The van der Waals surface area contributed by atoms with Crippen LogP contribution in [-0.2, 0) is 4.79 Å². The van der Waals surface area contributed by atoms with E-state index in [-0.39, 0.29) is 5.91 Å². The van der Waals surface area contributed by atoms with Crippen molar-refractivity contribution in [2.75, 3.05) is 13.7 Å². The van der Waals surface area contributed by atoms with Gasteiger partial charge in [-0.05, 0) is 32.9 Å². The minimum Gasteiger partial charge on any atom is -0.497 e. The molecule has 1 rings (SSSR count). The highest BCUT2D eigenvalue weighted by atomic mass is 16.5. The third-order valence-corrected chi connectivity index (χ3v) is 2.69. The molecule has 0 saturated carbocycles. The number of amides is 1. The zero-order chi connectivity index (χ0) is 14.4. The van der Waals surface area contributed by atoms with Crippen molar-refractivity contribution in [1.82, 2.24) is 5.32 Å². The molecule has 2 atom stereocenters. The van der Waals surface area contributed by atoms with E-state index in [1.165, 1.54) is 0 Å². The lowest BCUT2D eigenvalue weighted by molar-refractivity contribution is -0.127. The highest BCUT2D eigenvalue weighted by Crippen LogP contribution is 2.30. The molecular formula is C14H21NO4. The van der Waals surface area contributed by atoms with Crippen LogP contribution in [0.2, 0.25) is 0 Å². The Kier molecular flexibility index (Phi) is 5.63. The first-order valence-electron chi connectivity index (χ1n) is 6.30. The number of aliphatic hydroxyl groups is 1. The second-order valence-electron chi connectivity index (χ2n) is 4.23. The Bertz CT molecular complexity index is 431. The Labute approximate surface area is 113 Å². The molecule has 5 nitrogen and oxygen atoms in total. The molecule has 5 heteroatoms. The number of ether oxygens (including phenoxy) is 2. The normalized spacial score (nSPS) is 13.5. The Morgan fingerprint density at radius 2 is 2.11 bits per heavy atom. The number of carbonyl (C=O) groups is 1. The standard InChI is InChI=1S/C14H21NO4/c1-5-15-14(17)10(3)19-13-8-11(18-4)6-7-12(13)9(2)16/h6-10,16H,5H2,1-4H3,(H,15,17)/t9-,10?/m0/s1. The van der Waals surface area contributed by atoms with Crippen molar-refractivity contribution in [3.8, 4) is 11.5 Å². The maximum atomic E-state index is 11.7. The Balaban J connectivity index is 2.94. The van der Waals surface area contributed by atoms with E-state index in [4.69, 9.17) is 9.47 Å². The summed E-state index contributed by atoms with van der Waals surface area (Å²) in [5.74, 6) is 0.873. The number of benzene rings is 1. The third-order valence-electron chi connectivity index (χ3n) is 2.69. The van der Waals surface area contributed by atoms with E-state index in [1.807, 2.05) is 6.92 Å². The zero-order valence-electron chi connectivity index (χ0n) is 11.8. The van der Waals surface area contributed by atoms with Crippen molar-refractivity contribution >= 4 is 5.91 Å². The molecule has 0 saturated heterocycles. The maximum Gasteiger partial charge on any atom is 0.260 e. The quantitative estimate of drug-likeness (QED) is 0.822. The average Bonchev–Trinajstić information content (AvgIpc) is 2.38. The van der Waals surface area contributed by atoms with Crippen LogP contribution >= 0.6 is 0 Å². The molecule has 1 unspecified atom stereocenters. The highest BCUT2D eigenvalue weighted by molar-refractivity contribution is 5.80. The Morgan fingerprint density at radius 3 is 2.63 bits per heavy atom. The first kappa shape index (κ1) is 15.3. The maximum absolute atomic E-state index is 11.7. The average molecular weight is 267 g/mol. The van der Waals surface area contributed by atoms with E-state index in [1.54, 1.807) is 39.2 Å². The van der Waals surface area contributed by atoms with Crippen LogP contribution in [0.15, 0.2) is 18.2 Å². The number of rotatable bonds is 6. The van der Waals surface area contributed by atoms with E-state index in [0.29, 0.717) is 23.6 Å². The van der Waals surface area contributed by atoms with Gasteiger partial charge in [-0.1, -0.05) is 0 Å². The molecule has 0 aliphatic heterocycles. The summed E-state index contributed by atoms with van der Waals surface area (Å²) in [4.78, 5) is 11.7. The Hall–Kier alpha value is -1.75. The molecule has 106 valence electrons. The van der Waals surface area contributed by atoms with Crippen LogP contribution in [0.5, 0.6) is 11.5 Å². The van der Waals surface area contributed by atoms with Crippen LogP contribution in [0.25, 0.3) is 0 Å². The molecule has 1 aromatic carbocycles. The van der Waals surface area contributed by atoms with Gasteiger partial charge in [0.15, 0.2) is 6.10 Å². The number of hydrogen-bond donors (Lipinski definition) is 2. The summed E-state index contributed by atoms with van der Waals surface area (Å²) in [5, 5.41) is 12.4. The van der Waals surface area contributed by atoms with Crippen molar-refractivity contribution < 1.29 is 19.4 Å². The highest BCUT2D eigenvalue weighted by Gasteiger charge is 2.17. The molecular weight excluding hydrogens is 246 g/mol. The van der Waals surface area contributed by atoms with Crippen LogP contribution < -0.4 is 14.8 Å². The van der Waals surface area contributed by atoms with Gasteiger partial charge in [-0.3, -0.25) is 4.79 Å². The predicted octanol–water partition coefficient (Wildman–Crippen LogP) is 1.65. The summed E-state index contributed by atoms with van der Waals surface area (Å²) in [6.45, 7) is 5.70.